The number of phenols is 1. The third-order valence-corrected chi connectivity index (χ3v) is 3.83. The molecule has 0 atom stereocenters. The number of aryl methyl sites for hydroxylation is 1. The summed E-state index contributed by atoms with van der Waals surface area (Å²) in [6.45, 7) is 3.68. The summed E-state index contributed by atoms with van der Waals surface area (Å²) in [5.41, 5.74) is 2.92. The summed E-state index contributed by atoms with van der Waals surface area (Å²) in [6, 6.07) is 10.5. The summed E-state index contributed by atoms with van der Waals surface area (Å²) >= 11 is 3.41. The highest BCUT2D eigenvalue weighted by molar-refractivity contribution is 9.10. The molecule has 0 aliphatic heterocycles. The van der Waals surface area contributed by atoms with E-state index in [1.807, 2.05) is 19.1 Å². The third kappa shape index (κ3) is 2.96. The Balaban J connectivity index is 2.26. The first-order valence-electron chi connectivity index (χ1n) is 5.85. The number of anilines is 1. The lowest BCUT2D eigenvalue weighted by Crippen LogP contribution is -2.13. The first kappa shape index (κ1) is 13.6. The maximum Gasteiger partial charge on any atom is 0.255 e. The van der Waals surface area contributed by atoms with E-state index in [2.05, 4.69) is 21.2 Å². The molecular weight excluding hydrogens is 306 g/mol. The second kappa shape index (κ2) is 5.45. The van der Waals surface area contributed by atoms with Gasteiger partial charge in [-0.1, -0.05) is 22.0 Å². The van der Waals surface area contributed by atoms with Crippen LogP contribution in [0.1, 0.15) is 21.5 Å². The summed E-state index contributed by atoms with van der Waals surface area (Å²) in [6.07, 6.45) is 0. The lowest BCUT2D eigenvalue weighted by Gasteiger charge is -2.10. The van der Waals surface area contributed by atoms with Crippen LogP contribution < -0.4 is 5.32 Å². The van der Waals surface area contributed by atoms with Gasteiger partial charge in [0.25, 0.3) is 5.91 Å². The van der Waals surface area contributed by atoms with Crippen LogP contribution in [0.25, 0.3) is 0 Å². The third-order valence-electron chi connectivity index (χ3n) is 2.97. The lowest BCUT2D eigenvalue weighted by molar-refractivity contribution is 0.102. The van der Waals surface area contributed by atoms with E-state index in [1.54, 1.807) is 31.2 Å². The lowest BCUT2D eigenvalue weighted by atomic mass is 10.1. The Bertz CT molecular complexity index is 638. The van der Waals surface area contributed by atoms with Gasteiger partial charge in [0, 0.05) is 15.7 Å². The smallest absolute Gasteiger partial charge is 0.255 e. The minimum Gasteiger partial charge on any atom is -0.508 e. The molecule has 4 heteroatoms. The molecule has 1 amide bonds. The van der Waals surface area contributed by atoms with Crippen LogP contribution >= 0.6 is 15.9 Å². The van der Waals surface area contributed by atoms with Crippen molar-refractivity contribution in [1.82, 2.24) is 0 Å². The number of rotatable bonds is 2. The van der Waals surface area contributed by atoms with Crippen LogP contribution in [0, 0.1) is 13.8 Å². The maximum absolute atomic E-state index is 12.2. The van der Waals surface area contributed by atoms with Crippen molar-refractivity contribution < 1.29 is 9.90 Å². The number of aromatic hydroxyl groups is 1. The molecule has 0 radical (unpaired) electrons. The average Bonchev–Trinajstić information content (AvgIpc) is 2.37. The summed E-state index contributed by atoms with van der Waals surface area (Å²) in [7, 11) is 0. The van der Waals surface area contributed by atoms with Crippen molar-refractivity contribution in [2.75, 3.05) is 5.32 Å². The first-order chi connectivity index (χ1) is 8.99. The fraction of sp³-hybridized carbons (Fsp3) is 0.133. The highest BCUT2D eigenvalue weighted by Crippen LogP contribution is 2.23. The Morgan fingerprint density at radius 3 is 2.63 bits per heavy atom. The molecule has 0 fully saturated rings. The van der Waals surface area contributed by atoms with Crippen molar-refractivity contribution in [1.29, 1.82) is 0 Å². The zero-order chi connectivity index (χ0) is 14.0. The van der Waals surface area contributed by atoms with Gasteiger partial charge in [-0.15, -0.1) is 0 Å². The summed E-state index contributed by atoms with van der Waals surface area (Å²) in [5.74, 6) is 0.0560. The molecule has 0 saturated carbocycles. The predicted molar refractivity (Wildman–Crippen MR) is 79.7 cm³/mol. The van der Waals surface area contributed by atoms with Crippen LogP contribution in [0.5, 0.6) is 5.75 Å². The fourth-order valence-electron chi connectivity index (χ4n) is 1.79. The van der Waals surface area contributed by atoms with Gasteiger partial charge in [0.2, 0.25) is 0 Å². The molecule has 2 N–H and O–H groups in total. The summed E-state index contributed by atoms with van der Waals surface area (Å²) in [4.78, 5) is 12.2. The number of phenolic OH excluding ortho intramolecular Hbond substituents is 1. The molecule has 19 heavy (non-hydrogen) atoms. The molecule has 0 aliphatic rings. The largest absolute Gasteiger partial charge is 0.508 e. The van der Waals surface area contributed by atoms with Gasteiger partial charge in [-0.3, -0.25) is 4.79 Å². The normalized spacial score (nSPS) is 10.3. The van der Waals surface area contributed by atoms with E-state index >= 15 is 0 Å². The zero-order valence-corrected chi connectivity index (χ0v) is 12.3. The standard InChI is InChI=1S/C15H14BrNO2/c1-9-8-11(6-7-14(9)18)17-15(19)12-4-3-5-13(16)10(12)2/h3-8,18H,1-2H3,(H,17,19). The van der Waals surface area contributed by atoms with Gasteiger partial charge in [-0.2, -0.15) is 0 Å². The van der Waals surface area contributed by atoms with E-state index in [-0.39, 0.29) is 11.7 Å². The molecule has 0 saturated heterocycles. The summed E-state index contributed by atoms with van der Waals surface area (Å²) < 4.78 is 0.905. The number of benzene rings is 2. The monoisotopic (exact) mass is 319 g/mol. The maximum atomic E-state index is 12.2. The van der Waals surface area contributed by atoms with Gasteiger partial charge in [0.1, 0.15) is 5.75 Å². The molecule has 0 heterocycles. The van der Waals surface area contributed by atoms with Gasteiger partial charge < -0.3 is 10.4 Å². The first-order valence-corrected chi connectivity index (χ1v) is 6.64. The molecule has 0 aliphatic carbocycles. The van der Waals surface area contributed by atoms with Crippen LogP contribution in [-0.4, -0.2) is 11.0 Å². The second-order valence-electron chi connectivity index (χ2n) is 4.37. The molecule has 0 unspecified atom stereocenters. The molecule has 98 valence electrons. The highest BCUT2D eigenvalue weighted by atomic mass is 79.9. The average molecular weight is 320 g/mol. The van der Waals surface area contributed by atoms with Crippen molar-refractivity contribution in [3.8, 4) is 5.75 Å². The number of carbonyl (C=O) groups is 1. The topological polar surface area (TPSA) is 49.3 Å². The minimum absolute atomic E-state index is 0.163. The van der Waals surface area contributed by atoms with Crippen molar-refractivity contribution in [2.45, 2.75) is 13.8 Å². The number of nitrogens with one attached hydrogen (secondary N) is 1. The van der Waals surface area contributed by atoms with E-state index in [4.69, 9.17) is 0 Å². The number of carbonyl (C=O) groups excluding carboxylic acids is 1. The van der Waals surface area contributed by atoms with E-state index in [1.165, 1.54) is 0 Å². The number of hydrogen-bond acceptors (Lipinski definition) is 2. The van der Waals surface area contributed by atoms with Gasteiger partial charge in [0.15, 0.2) is 0 Å². The van der Waals surface area contributed by atoms with Gasteiger partial charge in [-0.05, 0) is 55.3 Å². The van der Waals surface area contributed by atoms with Crippen molar-refractivity contribution >= 4 is 27.5 Å². The predicted octanol–water partition coefficient (Wildman–Crippen LogP) is 4.02. The van der Waals surface area contributed by atoms with Gasteiger partial charge in [0.05, 0.1) is 0 Å². The Hall–Kier alpha value is -1.81. The van der Waals surface area contributed by atoms with Crippen LogP contribution in [0.4, 0.5) is 5.69 Å². The molecular formula is C15H14BrNO2. The molecule has 0 bridgehead atoms. The second-order valence-corrected chi connectivity index (χ2v) is 5.22. The van der Waals surface area contributed by atoms with Crippen LogP contribution in [0.15, 0.2) is 40.9 Å². The van der Waals surface area contributed by atoms with E-state index in [0.29, 0.717) is 11.3 Å². The zero-order valence-electron chi connectivity index (χ0n) is 10.7. The van der Waals surface area contributed by atoms with Crippen LogP contribution in [0.2, 0.25) is 0 Å². The Morgan fingerprint density at radius 1 is 1.21 bits per heavy atom. The summed E-state index contributed by atoms with van der Waals surface area (Å²) in [5, 5.41) is 12.3. The Labute approximate surface area is 120 Å². The highest BCUT2D eigenvalue weighted by Gasteiger charge is 2.11. The minimum atomic E-state index is -0.163. The Morgan fingerprint density at radius 2 is 1.95 bits per heavy atom. The van der Waals surface area contributed by atoms with Crippen molar-refractivity contribution in [3.05, 3.63) is 57.6 Å². The number of amides is 1. The number of hydrogen-bond donors (Lipinski definition) is 2. The fourth-order valence-corrected chi connectivity index (χ4v) is 2.15. The Kier molecular flexibility index (Phi) is 3.90. The number of halogens is 1. The molecule has 2 rings (SSSR count). The van der Waals surface area contributed by atoms with E-state index in [9.17, 15) is 9.90 Å². The van der Waals surface area contributed by atoms with Crippen LogP contribution in [-0.2, 0) is 0 Å². The van der Waals surface area contributed by atoms with Crippen molar-refractivity contribution in [3.63, 3.8) is 0 Å². The molecule has 2 aromatic rings. The van der Waals surface area contributed by atoms with Gasteiger partial charge in [-0.25, -0.2) is 0 Å². The van der Waals surface area contributed by atoms with Crippen LogP contribution in [0.3, 0.4) is 0 Å². The molecule has 0 spiro atoms. The molecule has 3 nitrogen and oxygen atoms in total. The molecule has 0 aromatic heterocycles. The quantitative estimate of drug-likeness (QED) is 0.821. The SMILES string of the molecule is Cc1cc(NC(=O)c2cccc(Br)c2C)ccc1O. The van der Waals surface area contributed by atoms with Crippen molar-refractivity contribution in [2.24, 2.45) is 0 Å². The molecule has 2 aromatic carbocycles. The van der Waals surface area contributed by atoms with Gasteiger partial charge >= 0.3 is 0 Å². The van der Waals surface area contributed by atoms with E-state index in [0.717, 1.165) is 15.6 Å². The van der Waals surface area contributed by atoms with E-state index < -0.39 is 0 Å².